The maximum absolute atomic E-state index is 10.6. The molecule has 2 aliphatic carbocycles. The third-order valence-corrected chi connectivity index (χ3v) is 4.80. The van der Waals surface area contributed by atoms with E-state index in [1.165, 1.54) is 17.6 Å². The molecule has 4 atom stereocenters. The number of hydrogen-bond acceptors (Lipinski definition) is 1. The van der Waals surface area contributed by atoms with E-state index in [1.807, 2.05) is 6.92 Å². The molecule has 0 radical (unpaired) electrons. The Labute approximate surface area is 99.3 Å². The van der Waals surface area contributed by atoms with Gasteiger partial charge in [0.15, 0.2) is 0 Å². The van der Waals surface area contributed by atoms with Gasteiger partial charge in [-0.3, -0.25) is 0 Å². The van der Waals surface area contributed by atoms with Gasteiger partial charge in [0.2, 0.25) is 0 Å². The van der Waals surface area contributed by atoms with Crippen molar-refractivity contribution in [2.75, 3.05) is 0 Å². The van der Waals surface area contributed by atoms with Crippen LogP contribution < -0.4 is 0 Å². The van der Waals surface area contributed by atoms with Crippen molar-refractivity contribution in [1.82, 2.24) is 0 Å². The van der Waals surface area contributed by atoms with Crippen LogP contribution in [0.1, 0.15) is 46.5 Å². The molecule has 0 aromatic carbocycles. The lowest BCUT2D eigenvalue weighted by Gasteiger charge is -2.32. The Morgan fingerprint density at radius 1 is 1.56 bits per heavy atom. The van der Waals surface area contributed by atoms with E-state index in [9.17, 15) is 5.11 Å². The lowest BCUT2D eigenvalue weighted by atomic mass is 9.77. The van der Waals surface area contributed by atoms with E-state index in [1.54, 1.807) is 0 Å². The third-order valence-electron chi connectivity index (χ3n) is 4.80. The zero-order valence-corrected chi connectivity index (χ0v) is 10.8. The quantitative estimate of drug-likeness (QED) is 0.668. The molecule has 1 heteroatoms. The van der Waals surface area contributed by atoms with Gasteiger partial charge in [0.25, 0.3) is 0 Å². The second kappa shape index (κ2) is 4.03. The zero-order chi connectivity index (χ0) is 11.9. The van der Waals surface area contributed by atoms with E-state index in [0.29, 0.717) is 17.8 Å². The van der Waals surface area contributed by atoms with Crippen LogP contribution in [0.25, 0.3) is 0 Å². The molecule has 0 heterocycles. The minimum absolute atomic E-state index is 0.442. The van der Waals surface area contributed by atoms with Crippen LogP contribution in [0.15, 0.2) is 23.8 Å². The summed E-state index contributed by atoms with van der Waals surface area (Å²) in [4.78, 5) is 0. The number of hydrogen-bond donors (Lipinski definition) is 1. The van der Waals surface area contributed by atoms with Gasteiger partial charge in [-0.2, -0.15) is 0 Å². The summed E-state index contributed by atoms with van der Waals surface area (Å²) < 4.78 is 0. The molecule has 0 unspecified atom stereocenters. The number of fused-ring (bicyclic) bond motifs is 1. The summed E-state index contributed by atoms with van der Waals surface area (Å²) in [5.41, 5.74) is 2.29. The first-order chi connectivity index (χ1) is 7.42. The Morgan fingerprint density at radius 3 is 2.88 bits per heavy atom. The van der Waals surface area contributed by atoms with Crippen LogP contribution in [0, 0.1) is 17.8 Å². The Balaban J connectivity index is 2.24. The Hall–Kier alpha value is -0.560. The fraction of sp³-hybridized carbons (Fsp3) is 0.733. The van der Waals surface area contributed by atoms with Gasteiger partial charge in [-0.05, 0) is 64.2 Å². The molecule has 0 amide bonds. The molecule has 1 nitrogen and oxygen atoms in total. The second-order valence-electron chi connectivity index (χ2n) is 6.07. The standard InChI is InChI=1S/C15H24O/c1-10(2)12-7-8-15(4,16)14-6-5-11(3)13(14)9-12/h5,12-14,16H,1,6-9H2,2-4H3/t12-,13+,14-,15-/m1/s1. The van der Waals surface area contributed by atoms with E-state index in [4.69, 9.17) is 0 Å². The lowest BCUT2D eigenvalue weighted by molar-refractivity contribution is -0.0153. The first kappa shape index (κ1) is 11.9. The highest BCUT2D eigenvalue weighted by molar-refractivity contribution is 5.18. The number of rotatable bonds is 1. The summed E-state index contributed by atoms with van der Waals surface area (Å²) >= 11 is 0. The van der Waals surface area contributed by atoms with Crippen molar-refractivity contribution < 1.29 is 5.11 Å². The van der Waals surface area contributed by atoms with Gasteiger partial charge in [-0.25, -0.2) is 0 Å². The van der Waals surface area contributed by atoms with Crippen molar-refractivity contribution in [2.45, 2.75) is 52.1 Å². The maximum atomic E-state index is 10.6. The lowest BCUT2D eigenvalue weighted by Crippen LogP contribution is -2.35. The Morgan fingerprint density at radius 2 is 2.25 bits per heavy atom. The smallest absolute Gasteiger partial charge is 0.0656 e. The van der Waals surface area contributed by atoms with Gasteiger partial charge in [0.05, 0.1) is 5.60 Å². The van der Waals surface area contributed by atoms with E-state index in [-0.39, 0.29) is 0 Å². The van der Waals surface area contributed by atoms with E-state index in [2.05, 4.69) is 26.5 Å². The fourth-order valence-electron chi connectivity index (χ4n) is 3.51. The number of aliphatic hydroxyl groups is 1. The molecule has 0 aliphatic heterocycles. The summed E-state index contributed by atoms with van der Waals surface area (Å²) in [6, 6.07) is 0. The van der Waals surface area contributed by atoms with Crippen LogP contribution >= 0.6 is 0 Å². The average molecular weight is 220 g/mol. The van der Waals surface area contributed by atoms with Crippen molar-refractivity contribution in [2.24, 2.45) is 17.8 Å². The highest BCUT2D eigenvalue weighted by Gasteiger charge is 2.43. The second-order valence-corrected chi connectivity index (χ2v) is 6.07. The van der Waals surface area contributed by atoms with Gasteiger partial charge >= 0.3 is 0 Å². The molecule has 90 valence electrons. The van der Waals surface area contributed by atoms with Crippen LogP contribution in [-0.4, -0.2) is 10.7 Å². The molecule has 1 N–H and O–H groups in total. The molecule has 1 fully saturated rings. The molecular formula is C15H24O. The summed E-state index contributed by atoms with van der Waals surface area (Å²) in [5.74, 6) is 1.62. The minimum Gasteiger partial charge on any atom is -0.390 e. The predicted molar refractivity (Wildman–Crippen MR) is 68.1 cm³/mol. The van der Waals surface area contributed by atoms with E-state index >= 15 is 0 Å². The van der Waals surface area contributed by atoms with E-state index < -0.39 is 5.60 Å². The molecular weight excluding hydrogens is 196 g/mol. The topological polar surface area (TPSA) is 20.2 Å². The molecule has 1 saturated carbocycles. The molecule has 2 rings (SSSR count). The SMILES string of the molecule is C=C(C)[C@@H]1CC[C@@](C)(O)[C@@H]2CC=C(C)[C@@H]2C1. The van der Waals surface area contributed by atoms with Gasteiger partial charge in [0, 0.05) is 0 Å². The third kappa shape index (κ3) is 1.98. The highest BCUT2D eigenvalue weighted by Crippen LogP contribution is 2.48. The fourth-order valence-corrected chi connectivity index (χ4v) is 3.51. The van der Waals surface area contributed by atoms with Crippen molar-refractivity contribution in [1.29, 1.82) is 0 Å². The minimum atomic E-state index is -0.483. The molecule has 16 heavy (non-hydrogen) atoms. The Bertz CT molecular complexity index is 324. The van der Waals surface area contributed by atoms with Crippen LogP contribution in [-0.2, 0) is 0 Å². The van der Waals surface area contributed by atoms with Crippen molar-refractivity contribution >= 4 is 0 Å². The van der Waals surface area contributed by atoms with Gasteiger partial charge in [0.1, 0.15) is 0 Å². The van der Waals surface area contributed by atoms with Crippen molar-refractivity contribution in [3.8, 4) is 0 Å². The predicted octanol–water partition coefficient (Wildman–Crippen LogP) is 3.70. The van der Waals surface area contributed by atoms with Crippen LogP contribution in [0.3, 0.4) is 0 Å². The molecule has 0 aromatic heterocycles. The summed E-state index contributed by atoms with van der Waals surface area (Å²) in [5, 5.41) is 10.6. The summed E-state index contributed by atoms with van der Waals surface area (Å²) in [6.07, 6.45) is 6.60. The highest BCUT2D eigenvalue weighted by atomic mass is 16.3. The monoisotopic (exact) mass is 220 g/mol. The first-order valence-electron chi connectivity index (χ1n) is 6.46. The Kier molecular flexibility index (Phi) is 3.00. The largest absolute Gasteiger partial charge is 0.390 e. The summed E-state index contributed by atoms with van der Waals surface area (Å²) in [7, 11) is 0. The van der Waals surface area contributed by atoms with Crippen LogP contribution in [0.4, 0.5) is 0 Å². The van der Waals surface area contributed by atoms with Crippen LogP contribution in [0.5, 0.6) is 0 Å². The van der Waals surface area contributed by atoms with Crippen molar-refractivity contribution in [3.63, 3.8) is 0 Å². The number of allylic oxidation sites excluding steroid dienone is 3. The van der Waals surface area contributed by atoms with Gasteiger partial charge < -0.3 is 5.11 Å². The molecule has 0 aromatic rings. The van der Waals surface area contributed by atoms with E-state index in [0.717, 1.165) is 19.3 Å². The van der Waals surface area contributed by atoms with Crippen molar-refractivity contribution in [3.05, 3.63) is 23.8 Å². The normalized spacial score (nSPS) is 43.5. The average Bonchev–Trinajstić information content (AvgIpc) is 2.47. The molecule has 0 saturated heterocycles. The zero-order valence-electron chi connectivity index (χ0n) is 10.8. The summed E-state index contributed by atoms with van der Waals surface area (Å²) in [6.45, 7) is 10.5. The first-order valence-corrected chi connectivity index (χ1v) is 6.46. The molecule has 0 spiro atoms. The van der Waals surface area contributed by atoms with Gasteiger partial charge in [-0.1, -0.05) is 23.8 Å². The molecule has 0 bridgehead atoms. The molecule has 2 aliphatic rings. The van der Waals surface area contributed by atoms with Gasteiger partial charge in [-0.15, -0.1) is 0 Å². The maximum Gasteiger partial charge on any atom is 0.0656 e. The van der Waals surface area contributed by atoms with Crippen LogP contribution in [0.2, 0.25) is 0 Å².